The van der Waals surface area contributed by atoms with Gasteiger partial charge in [-0.15, -0.1) is 0 Å². The second kappa shape index (κ2) is 8.17. The molecule has 0 fully saturated rings. The Kier molecular flexibility index (Phi) is 7.95. The summed E-state index contributed by atoms with van der Waals surface area (Å²) >= 11 is 0. The van der Waals surface area contributed by atoms with E-state index in [0.717, 1.165) is 0 Å². The molecule has 0 radical (unpaired) electrons. The van der Waals surface area contributed by atoms with Crippen LogP contribution in [0.2, 0.25) is 0 Å². The number of hydrogen-bond acceptors (Lipinski definition) is 5. The van der Waals surface area contributed by atoms with Crippen molar-refractivity contribution >= 4 is 33.7 Å². The monoisotopic (exact) mass is 337 g/mol. The maximum absolute atomic E-state index is 11.7. The second-order valence-electron chi connectivity index (χ2n) is 6.88. The molecule has 1 amide bonds. The predicted octanol–water partition coefficient (Wildman–Crippen LogP) is 3.92. The molecule has 0 spiro atoms. The molecule has 0 rings (SSSR count). The van der Waals surface area contributed by atoms with Crippen molar-refractivity contribution in [3.8, 4) is 0 Å². The van der Waals surface area contributed by atoms with Gasteiger partial charge in [0.2, 0.25) is 0 Å². The molecular weight excluding hydrogens is 310 g/mol. The SMILES string of the molecule is CC(CC(NC(=O)OC(C)(C)C)C(=O)O)SSC(C)(C)C. The van der Waals surface area contributed by atoms with E-state index in [-0.39, 0.29) is 10.00 Å². The Balaban J connectivity index is 4.43. The van der Waals surface area contributed by atoms with E-state index in [4.69, 9.17) is 4.74 Å². The number of alkyl carbamates (subject to hydrolysis) is 1. The van der Waals surface area contributed by atoms with Gasteiger partial charge in [0.25, 0.3) is 0 Å². The molecule has 0 saturated carbocycles. The zero-order valence-corrected chi connectivity index (χ0v) is 15.5. The van der Waals surface area contributed by atoms with Crippen molar-refractivity contribution in [3.05, 3.63) is 0 Å². The van der Waals surface area contributed by atoms with Crippen LogP contribution in [0.5, 0.6) is 0 Å². The molecule has 2 atom stereocenters. The molecule has 0 aliphatic heterocycles. The average molecular weight is 338 g/mol. The summed E-state index contributed by atoms with van der Waals surface area (Å²) in [5.41, 5.74) is -0.643. The fraction of sp³-hybridized carbons (Fsp3) is 0.857. The van der Waals surface area contributed by atoms with Gasteiger partial charge in [0.15, 0.2) is 0 Å². The molecule has 21 heavy (non-hydrogen) atoms. The Bertz CT molecular complexity index is 361. The highest BCUT2D eigenvalue weighted by Gasteiger charge is 2.26. The van der Waals surface area contributed by atoms with Crippen LogP contribution in [0.15, 0.2) is 0 Å². The molecule has 2 unspecified atom stereocenters. The zero-order chi connectivity index (χ0) is 16.8. The van der Waals surface area contributed by atoms with Crippen LogP contribution in [-0.2, 0) is 9.53 Å². The van der Waals surface area contributed by atoms with E-state index in [1.165, 1.54) is 0 Å². The van der Waals surface area contributed by atoms with Gasteiger partial charge in [0.1, 0.15) is 11.6 Å². The van der Waals surface area contributed by atoms with Crippen LogP contribution in [0.1, 0.15) is 54.9 Å². The first kappa shape index (κ1) is 20.4. The van der Waals surface area contributed by atoms with Gasteiger partial charge in [-0.05, 0) is 27.2 Å². The minimum Gasteiger partial charge on any atom is -0.480 e. The van der Waals surface area contributed by atoms with Gasteiger partial charge in [-0.1, -0.05) is 49.3 Å². The van der Waals surface area contributed by atoms with Gasteiger partial charge in [-0.25, -0.2) is 9.59 Å². The lowest BCUT2D eigenvalue weighted by Gasteiger charge is -2.24. The summed E-state index contributed by atoms with van der Waals surface area (Å²) in [5.74, 6) is -1.05. The second-order valence-corrected chi connectivity index (χ2v) is 10.3. The molecule has 0 aromatic carbocycles. The third kappa shape index (κ3) is 11.7. The Labute approximate surface area is 135 Å². The largest absolute Gasteiger partial charge is 0.480 e. The third-order valence-corrected chi connectivity index (χ3v) is 5.91. The number of carboxylic acids is 1. The Morgan fingerprint density at radius 1 is 1.19 bits per heavy atom. The first-order valence-corrected chi connectivity index (χ1v) is 9.08. The van der Waals surface area contributed by atoms with Gasteiger partial charge < -0.3 is 15.2 Å². The lowest BCUT2D eigenvalue weighted by atomic mass is 10.1. The zero-order valence-electron chi connectivity index (χ0n) is 13.9. The minimum absolute atomic E-state index is 0.102. The summed E-state index contributed by atoms with van der Waals surface area (Å²) < 4.78 is 5.20. The molecule has 7 heteroatoms. The number of ether oxygens (including phenoxy) is 1. The highest BCUT2D eigenvalue weighted by molar-refractivity contribution is 8.77. The van der Waals surface area contributed by atoms with Crippen molar-refractivity contribution in [2.45, 2.75) is 76.5 Å². The highest BCUT2D eigenvalue weighted by atomic mass is 33.1. The van der Waals surface area contributed by atoms with E-state index in [1.807, 2.05) is 6.92 Å². The first-order valence-electron chi connectivity index (χ1n) is 6.87. The van der Waals surface area contributed by atoms with Crippen molar-refractivity contribution < 1.29 is 19.4 Å². The molecule has 0 aromatic heterocycles. The van der Waals surface area contributed by atoms with E-state index in [2.05, 4.69) is 26.1 Å². The summed E-state index contributed by atoms with van der Waals surface area (Å²) in [6, 6.07) is -0.942. The van der Waals surface area contributed by atoms with Crippen LogP contribution >= 0.6 is 21.6 Å². The number of nitrogens with one attached hydrogen (secondary N) is 1. The van der Waals surface area contributed by atoms with E-state index >= 15 is 0 Å². The summed E-state index contributed by atoms with van der Waals surface area (Å²) in [6.45, 7) is 13.5. The fourth-order valence-electron chi connectivity index (χ4n) is 1.27. The normalized spacial score (nSPS) is 15.2. The standard InChI is InChI=1S/C14H27NO4S2/c1-9(20-21-14(5,6)7)8-10(11(16)17)15-12(18)19-13(2,3)4/h9-10H,8H2,1-7H3,(H,15,18)(H,16,17). The van der Waals surface area contributed by atoms with E-state index in [0.29, 0.717) is 6.42 Å². The number of hydrogen-bond donors (Lipinski definition) is 2. The summed E-state index contributed by atoms with van der Waals surface area (Å²) in [5, 5.41) is 11.7. The molecule has 0 aliphatic carbocycles. The van der Waals surface area contributed by atoms with Crippen LogP contribution in [0.25, 0.3) is 0 Å². The molecule has 0 aromatic rings. The molecule has 2 N–H and O–H groups in total. The molecule has 0 bridgehead atoms. The number of carbonyl (C=O) groups excluding carboxylic acids is 1. The van der Waals surface area contributed by atoms with Gasteiger partial charge in [-0.2, -0.15) is 0 Å². The van der Waals surface area contributed by atoms with Crippen molar-refractivity contribution in [3.63, 3.8) is 0 Å². The summed E-state index contributed by atoms with van der Waals surface area (Å²) in [7, 11) is 3.33. The van der Waals surface area contributed by atoms with Gasteiger partial charge in [0, 0.05) is 10.00 Å². The van der Waals surface area contributed by atoms with Gasteiger partial charge >= 0.3 is 12.1 Å². The lowest BCUT2D eigenvalue weighted by molar-refractivity contribution is -0.139. The average Bonchev–Trinajstić information content (AvgIpc) is 2.21. The topological polar surface area (TPSA) is 75.6 Å². The first-order chi connectivity index (χ1) is 9.30. The summed E-state index contributed by atoms with van der Waals surface area (Å²) in [6.07, 6.45) is -0.349. The Morgan fingerprint density at radius 3 is 2.10 bits per heavy atom. The molecule has 0 aliphatic rings. The Hall–Kier alpha value is -0.560. The minimum atomic E-state index is -1.05. The summed E-state index contributed by atoms with van der Waals surface area (Å²) in [4.78, 5) is 22.9. The maximum atomic E-state index is 11.7. The predicted molar refractivity (Wildman–Crippen MR) is 89.8 cm³/mol. The van der Waals surface area contributed by atoms with Crippen molar-refractivity contribution in [1.82, 2.24) is 5.32 Å². The smallest absolute Gasteiger partial charge is 0.408 e. The Morgan fingerprint density at radius 2 is 1.71 bits per heavy atom. The van der Waals surface area contributed by atoms with Crippen molar-refractivity contribution in [2.75, 3.05) is 0 Å². The molecular formula is C14H27NO4S2. The number of carbonyl (C=O) groups is 2. The van der Waals surface area contributed by atoms with E-state index in [9.17, 15) is 14.7 Å². The number of amides is 1. The third-order valence-electron chi connectivity index (χ3n) is 2.02. The van der Waals surface area contributed by atoms with Crippen LogP contribution in [0, 0.1) is 0 Å². The number of rotatable bonds is 6. The van der Waals surface area contributed by atoms with Crippen LogP contribution in [0.4, 0.5) is 4.79 Å². The van der Waals surface area contributed by atoms with E-state index < -0.39 is 23.7 Å². The van der Waals surface area contributed by atoms with Crippen molar-refractivity contribution in [2.24, 2.45) is 0 Å². The number of aliphatic carboxylic acids is 1. The van der Waals surface area contributed by atoms with Crippen LogP contribution < -0.4 is 5.32 Å². The van der Waals surface area contributed by atoms with Crippen molar-refractivity contribution in [1.29, 1.82) is 0 Å². The maximum Gasteiger partial charge on any atom is 0.408 e. The van der Waals surface area contributed by atoms with Crippen LogP contribution in [0.3, 0.4) is 0 Å². The highest BCUT2D eigenvalue weighted by Crippen LogP contribution is 2.39. The van der Waals surface area contributed by atoms with Crippen LogP contribution in [-0.4, -0.2) is 38.8 Å². The quantitative estimate of drug-likeness (QED) is 0.715. The fourth-order valence-corrected chi connectivity index (χ4v) is 3.59. The van der Waals surface area contributed by atoms with Gasteiger partial charge in [-0.3, -0.25) is 0 Å². The molecule has 124 valence electrons. The lowest BCUT2D eigenvalue weighted by Crippen LogP contribution is -2.44. The molecule has 5 nitrogen and oxygen atoms in total. The molecule has 0 heterocycles. The van der Waals surface area contributed by atoms with Gasteiger partial charge in [0.05, 0.1) is 0 Å². The number of carboxylic acid groups (broad SMARTS) is 1. The van der Waals surface area contributed by atoms with E-state index in [1.54, 1.807) is 42.4 Å². The molecule has 0 saturated heterocycles.